The molecule has 40 heavy (non-hydrogen) atoms. The van der Waals surface area contributed by atoms with Crippen LogP contribution in [0.4, 0.5) is 0 Å². The summed E-state index contributed by atoms with van der Waals surface area (Å²) in [6, 6.07) is 19.2. The molecule has 3 aromatic carbocycles. The van der Waals surface area contributed by atoms with E-state index >= 15 is 0 Å². The predicted octanol–water partition coefficient (Wildman–Crippen LogP) is 6.34. The van der Waals surface area contributed by atoms with Crippen LogP contribution in [0.2, 0.25) is 15.1 Å². The Morgan fingerprint density at radius 3 is 2.50 bits per heavy atom. The standard InChI is InChI=1S/C30H23Cl3N2O4S/c1-3-38-29(37)25-17(2)34-30-35(26(25)21-11-7-8-12-22(21)32)28(36)24(40-30)14-19-13-20(31)15-23(33)27(19)39-16-18-9-5-4-6-10-18/h4-15,26H,3,16H2,1-2H3/b24-14-/t26-/m1/s1. The predicted molar refractivity (Wildman–Crippen MR) is 159 cm³/mol. The van der Waals surface area contributed by atoms with Crippen molar-refractivity contribution in [3.05, 3.63) is 129 Å². The summed E-state index contributed by atoms with van der Waals surface area (Å²) in [6.07, 6.45) is 1.68. The first-order valence-corrected chi connectivity index (χ1v) is 14.3. The van der Waals surface area contributed by atoms with Crippen LogP contribution in [0.15, 0.2) is 87.8 Å². The highest BCUT2D eigenvalue weighted by Gasteiger charge is 2.34. The van der Waals surface area contributed by atoms with Gasteiger partial charge in [-0.05, 0) is 49.2 Å². The van der Waals surface area contributed by atoms with E-state index in [1.807, 2.05) is 30.3 Å². The highest BCUT2D eigenvalue weighted by Crippen LogP contribution is 2.35. The van der Waals surface area contributed by atoms with Gasteiger partial charge in [0.05, 0.1) is 27.4 Å². The van der Waals surface area contributed by atoms with Gasteiger partial charge in [-0.25, -0.2) is 9.79 Å². The Hall–Kier alpha value is -3.36. The van der Waals surface area contributed by atoms with E-state index in [0.29, 0.717) is 47.0 Å². The molecule has 0 bridgehead atoms. The molecule has 0 amide bonds. The Balaban J connectivity index is 1.67. The third kappa shape index (κ3) is 5.60. The van der Waals surface area contributed by atoms with Crippen molar-refractivity contribution in [1.82, 2.24) is 4.57 Å². The molecule has 2 heterocycles. The summed E-state index contributed by atoms with van der Waals surface area (Å²) in [5, 5.41) is 1.12. The molecule has 0 radical (unpaired) electrons. The molecule has 10 heteroatoms. The van der Waals surface area contributed by atoms with Gasteiger partial charge in [-0.3, -0.25) is 9.36 Å². The van der Waals surface area contributed by atoms with Gasteiger partial charge in [0, 0.05) is 15.6 Å². The van der Waals surface area contributed by atoms with Gasteiger partial charge in [-0.1, -0.05) is 94.7 Å². The number of fused-ring (bicyclic) bond motifs is 1. The van der Waals surface area contributed by atoms with Crippen LogP contribution in [0.3, 0.4) is 0 Å². The second-order valence-corrected chi connectivity index (χ2v) is 11.2. The maximum Gasteiger partial charge on any atom is 0.338 e. The maximum absolute atomic E-state index is 14.0. The van der Waals surface area contributed by atoms with Crippen LogP contribution >= 0.6 is 46.1 Å². The summed E-state index contributed by atoms with van der Waals surface area (Å²) in [7, 11) is 0. The first kappa shape index (κ1) is 28.2. The lowest BCUT2D eigenvalue weighted by Gasteiger charge is -2.25. The average Bonchev–Trinajstić information content (AvgIpc) is 3.22. The van der Waals surface area contributed by atoms with Gasteiger partial charge >= 0.3 is 5.97 Å². The summed E-state index contributed by atoms with van der Waals surface area (Å²) >= 11 is 20.6. The topological polar surface area (TPSA) is 69.9 Å². The largest absolute Gasteiger partial charge is 0.487 e. The molecule has 4 aromatic rings. The van der Waals surface area contributed by atoms with Gasteiger partial charge in [0.2, 0.25) is 0 Å². The number of esters is 1. The molecule has 0 saturated carbocycles. The zero-order valence-corrected chi connectivity index (χ0v) is 24.6. The van der Waals surface area contributed by atoms with Crippen molar-refractivity contribution in [2.45, 2.75) is 26.5 Å². The highest BCUT2D eigenvalue weighted by molar-refractivity contribution is 7.07. The van der Waals surface area contributed by atoms with Crippen molar-refractivity contribution < 1.29 is 14.3 Å². The van der Waals surface area contributed by atoms with E-state index in [-0.39, 0.29) is 24.3 Å². The number of hydrogen-bond acceptors (Lipinski definition) is 6. The number of rotatable bonds is 7. The lowest BCUT2D eigenvalue weighted by Crippen LogP contribution is -2.40. The number of hydrogen-bond donors (Lipinski definition) is 0. The fourth-order valence-corrected chi connectivity index (χ4v) is 6.33. The Labute approximate surface area is 249 Å². The molecular formula is C30H23Cl3N2O4S. The van der Waals surface area contributed by atoms with Crippen molar-refractivity contribution >= 4 is 58.2 Å². The molecule has 0 spiro atoms. The minimum absolute atomic E-state index is 0.177. The molecule has 0 fully saturated rings. The van der Waals surface area contributed by atoms with E-state index in [1.54, 1.807) is 56.3 Å². The molecule has 0 N–H and O–H groups in total. The van der Waals surface area contributed by atoms with Gasteiger partial charge in [0.25, 0.3) is 5.56 Å². The number of carbonyl (C=O) groups is 1. The number of ether oxygens (including phenoxy) is 2. The van der Waals surface area contributed by atoms with Gasteiger partial charge < -0.3 is 9.47 Å². The number of benzene rings is 3. The lowest BCUT2D eigenvalue weighted by atomic mass is 9.96. The summed E-state index contributed by atoms with van der Waals surface area (Å²) < 4.78 is 13.3. The molecule has 1 atom stereocenters. The molecule has 6 nitrogen and oxygen atoms in total. The van der Waals surface area contributed by atoms with Gasteiger partial charge in [-0.15, -0.1) is 0 Å². The highest BCUT2D eigenvalue weighted by atomic mass is 35.5. The Kier molecular flexibility index (Phi) is 8.47. The van der Waals surface area contributed by atoms with E-state index in [4.69, 9.17) is 44.3 Å². The zero-order chi connectivity index (χ0) is 28.4. The van der Waals surface area contributed by atoms with Crippen LogP contribution in [-0.4, -0.2) is 17.1 Å². The average molecular weight is 614 g/mol. The summed E-state index contributed by atoms with van der Waals surface area (Å²) in [4.78, 5) is 32.1. The molecule has 0 aliphatic carbocycles. The van der Waals surface area contributed by atoms with Gasteiger partial charge in [0.1, 0.15) is 18.4 Å². The number of aromatic nitrogens is 1. The van der Waals surface area contributed by atoms with Gasteiger partial charge in [-0.2, -0.15) is 0 Å². The Morgan fingerprint density at radius 2 is 1.77 bits per heavy atom. The van der Waals surface area contributed by atoms with E-state index in [0.717, 1.165) is 5.56 Å². The van der Waals surface area contributed by atoms with E-state index < -0.39 is 12.0 Å². The summed E-state index contributed by atoms with van der Waals surface area (Å²) in [6.45, 7) is 3.90. The van der Waals surface area contributed by atoms with Gasteiger partial charge in [0.15, 0.2) is 4.80 Å². The number of carbonyl (C=O) groups excluding carboxylic acids is 1. The van der Waals surface area contributed by atoms with Crippen LogP contribution < -0.4 is 19.6 Å². The molecule has 0 unspecified atom stereocenters. The van der Waals surface area contributed by atoms with Crippen molar-refractivity contribution in [2.75, 3.05) is 6.61 Å². The van der Waals surface area contributed by atoms with Crippen molar-refractivity contribution in [3.8, 4) is 5.75 Å². The third-order valence-electron chi connectivity index (χ3n) is 6.27. The summed E-state index contributed by atoms with van der Waals surface area (Å²) in [5.41, 5.74) is 2.44. The summed E-state index contributed by atoms with van der Waals surface area (Å²) in [5.74, 6) is -0.159. The zero-order valence-electron chi connectivity index (χ0n) is 21.5. The molecule has 0 saturated heterocycles. The molecule has 1 aromatic heterocycles. The third-order valence-corrected chi connectivity index (χ3v) is 8.09. The molecular weight excluding hydrogens is 591 g/mol. The SMILES string of the molecule is CCOC(=O)C1=C(C)N=c2s/c(=C\c3cc(Cl)cc(Cl)c3OCc3ccccc3)c(=O)n2[C@@H]1c1ccccc1Cl. The fourth-order valence-electron chi connectivity index (χ4n) is 4.49. The monoisotopic (exact) mass is 612 g/mol. The quantitative estimate of drug-likeness (QED) is 0.228. The fraction of sp³-hybridized carbons (Fsp3) is 0.167. The Morgan fingerprint density at radius 1 is 1.05 bits per heavy atom. The van der Waals surface area contributed by atoms with Crippen molar-refractivity contribution in [3.63, 3.8) is 0 Å². The second-order valence-electron chi connectivity index (χ2n) is 8.90. The van der Waals surface area contributed by atoms with Crippen LogP contribution in [0.1, 0.15) is 36.6 Å². The smallest absolute Gasteiger partial charge is 0.338 e. The van der Waals surface area contributed by atoms with Crippen molar-refractivity contribution in [2.24, 2.45) is 4.99 Å². The van der Waals surface area contributed by atoms with Crippen LogP contribution in [0.5, 0.6) is 5.75 Å². The van der Waals surface area contributed by atoms with Crippen LogP contribution in [0.25, 0.3) is 6.08 Å². The van der Waals surface area contributed by atoms with E-state index in [2.05, 4.69) is 4.99 Å². The Bertz CT molecular complexity index is 1810. The van der Waals surface area contributed by atoms with Crippen molar-refractivity contribution in [1.29, 1.82) is 0 Å². The molecule has 1 aliphatic rings. The second kappa shape index (κ2) is 12.0. The maximum atomic E-state index is 14.0. The minimum atomic E-state index is -0.817. The van der Waals surface area contributed by atoms with E-state index in [1.165, 1.54) is 15.9 Å². The lowest BCUT2D eigenvalue weighted by molar-refractivity contribution is -0.139. The first-order valence-electron chi connectivity index (χ1n) is 12.4. The van der Waals surface area contributed by atoms with E-state index in [9.17, 15) is 9.59 Å². The number of allylic oxidation sites excluding steroid dienone is 1. The normalized spacial score (nSPS) is 15.0. The molecule has 1 aliphatic heterocycles. The minimum Gasteiger partial charge on any atom is -0.487 e. The number of nitrogens with zero attached hydrogens (tertiary/aromatic N) is 2. The molecule has 5 rings (SSSR count). The number of halogens is 3. The first-order chi connectivity index (χ1) is 19.3. The number of thiazole rings is 1. The molecule has 204 valence electrons. The van der Waals surface area contributed by atoms with Crippen LogP contribution in [0, 0.1) is 0 Å². The van der Waals surface area contributed by atoms with Crippen LogP contribution in [-0.2, 0) is 16.1 Å².